The molecule has 2 N–H and O–H groups in total. The van der Waals surface area contributed by atoms with Gasteiger partial charge in [-0.1, -0.05) is 30.3 Å². The lowest BCUT2D eigenvalue weighted by Crippen LogP contribution is -2.44. The molecule has 1 atom stereocenters. The summed E-state index contributed by atoms with van der Waals surface area (Å²) in [6, 6.07) is 9.49. The zero-order chi connectivity index (χ0) is 18.8. The lowest BCUT2D eigenvalue weighted by Gasteiger charge is -2.26. The van der Waals surface area contributed by atoms with E-state index in [2.05, 4.69) is 32.2 Å². The maximum Gasteiger partial charge on any atom is 0.239 e. The van der Waals surface area contributed by atoms with Gasteiger partial charge in [-0.25, -0.2) is 9.89 Å². The summed E-state index contributed by atoms with van der Waals surface area (Å²) >= 11 is 3.33. The summed E-state index contributed by atoms with van der Waals surface area (Å²) in [5, 5.41) is 13.0. The van der Waals surface area contributed by atoms with Crippen LogP contribution < -0.4 is 5.32 Å². The van der Waals surface area contributed by atoms with E-state index in [1.807, 2.05) is 36.4 Å². The van der Waals surface area contributed by atoms with Gasteiger partial charge in [0, 0.05) is 19.4 Å². The van der Waals surface area contributed by atoms with Gasteiger partial charge in [-0.05, 0) is 34.0 Å². The van der Waals surface area contributed by atoms with Gasteiger partial charge in [0.25, 0.3) is 0 Å². The molecule has 0 bridgehead atoms. The van der Waals surface area contributed by atoms with E-state index in [0.717, 1.165) is 23.0 Å². The summed E-state index contributed by atoms with van der Waals surface area (Å²) < 4.78 is 6.28. The summed E-state index contributed by atoms with van der Waals surface area (Å²) in [5.41, 5.74) is 0.930. The third-order valence-electron chi connectivity index (χ3n) is 3.64. The molecule has 0 aromatic heterocycles. The molecule has 26 heavy (non-hydrogen) atoms. The van der Waals surface area contributed by atoms with Crippen molar-refractivity contribution in [1.82, 2.24) is 10.2 Å². The van der Waals surface area contributed by atoms with Gasteiger partial charge >= 0.3 is 0 Å². The molecule has 2 rings (SSSR count). The minimum absolute atomic E-state index is 0.0535. The van der Waals surface area contributed by atoms with Gasteiger partial charge in [-0.2, -0.15) is 0 Å². The Bertz CT molecular complexity index is 698. The van der Waals surface area contributed by atoms with Gasteiger partial charge in [-0.15, -0.1) is 12.3 Å². The first-order chi connectivity index (χ1) is 12.6. The smallest absolute Gasteiger partial charge is 0.239 e. The molecule has 0 saturated carbocycles. The van der Waals surface area contributed by atoms with E-state index in [9.17, 15) is 9.90 Å². The van der Waals surface area contributed by atoms with Crippen molar-refractivity contribution >= 4 is 26.5 Å². The summed E-state index contributed by atoms with van der Waals surface area (Å²) in [7, 11) is 0. The lowest BCUT2D eigenvalue weighted by molar-refractivity contribution is -0.200. The first kappa shape index (κ1) is 20.3. The average Bonchev–Trinajstić information content (AvgIpc) is 2.64. The van der Waals surface area contributed by atoms with E-state index in [0.29, 0.717) is 18.8 Å². The van der Waals surface area contributed by atoms with E-state index in [4.69, 9.17) is 11.2 Å². The Kier molecular flexibility index (Phi) is 8.51. The van der Waals surface area contributed by atoms with Crippen molar-refractivity contribution in [3.8, 4) is 12.3 Å². The van der Waals surface area contributed by atoms with Crippen LogP contribution in [0.15, 0.2) is 47.2 Å². The first-order valence-corrected chi connectivity index (χ1v) is 9.12. The number of hydrogen-bond acceptors (Lipinski definition) is 5. The minimum Gasteiger partial charge on any atom is -0.356 e. The van der Waals surface area contributed by atoms with Crippen LogP contribution in [-0.2, 0) is 16.1 Å². The molecule has 0 radical (unpaired) electrons. The molecule has 7 heteroatoms. The normalized spacial score (nSPS) is 15.0. The molecule has 0 saturated heterocycles. The van der Waals surface area contributed by atoms with Crippen molar-refractivity contribution in [2.24, 2.45) is 4.99 Å². The highest BCUT2D eigenvalue weighted by Gasteiger charge is 2.20. The molecule has 0 aliphatic carbocycles. The van der Waals surface area contributed by atoms with Crippen LogP contribution >= 0.6 is 15.9 Å². The number of rotatable bonds is 9. The molecule has 1 aromatic carbocycles. The number of benzene rings is 1. The summed E-state index contributed by atoms with van der Waals surface area (Å²) in [4.78, 5) is 18.0. The standard InChI is InChI=1S/C19H22BrN3O3/c1-2-3-12-23(19(25)26-14-15-8-5-4-6-9-15)13-18(24)22-17-11-7-10-16(20)21-17/h1,4-6,8-9,11,19,25H,3,7,10,12-14H2,(H,22,24). The fraction of sp³-hybridized carbons (Fsp3) is 0.368. The number of carbonyl (C=O) groups is 1. The molecule has 0 fully saturated rings. The molecule has 1 amide bonds. The molecule has 1 unspecified atom stereocenters. The van der Waals surface area contributed by atoms with Gasteiger partial charge in [0.2, 0.25) is 12.3 Å². The first-order valence-electron chi connectivity index (χ1n) is 8.32. The van der Waals surface area contributed by atoms with Crippen LogP contribution in [0.25, 0.3) is 0 Å². The number of ether oxygens (including phenoxy) is 1. The number of nitrogens with zero attached hydrogens (tertiary/aromatic N) is 2. The van der Waals surface area contributed by atoms with Crippen molar-refractivity contribution in [1.29, 1.82) is 0 Å². The number of aliphatic hydroxyl groups excluding tert-OH is 1. The third kappa shape index (κ3) is 7.10. The van der Waals surface area contributed by atoms with Gasteiger partial charge in [0.05, 0.1) is 17.8 Å². The molecule has 1 aliphatic heterocycles. The van der Waals surface area contributed by atoms with Crippen molar-refractivity contribution in [3.05, 3.63) is 47.8 Å². The van der Waals surface area contributed by atoms with Crippen LogP contribution in [-0.4, -0.2) is 40.0 Å². The summed E-state index contributed by atoms with van der Waals surface area (Å²) in [6.45, 7) is 0.520. The number of carbonyl (C=O) groups excluding carboxylic acids is 1. The van der Waals surface area contributed by atoms with Gasteiger partial charge < -0.3 is 15.2 Å². The second kappa shape index (κ2) is 10.9. The van der Waals surface area contributed by atoms with Crippen LogP contribution in [0.1, 0.15) is 24.8 Å². The van der Waals surface area contributed by atoms with E-state index < -0.39 is 6.41 Å². The zero-order valence-electron chi connectivity index (χ0n) is 14.4. The Balaban J connectivity index is 1.89. The van der Waals surface area contributed by atoms with Crippen molar-refractivity contribution in [3.63, 3.8) is 0 Å². The third-order valence-corrected chi connectivity index (χ3v) is 4.22. The Hall–Kier alpha value is -1.98. The largest absolute Gasteiger partial charge is 0.356 e. The molecular weight excluding hydrogens is 398 g/mol. The fourth-order valence-corrected chi connectivity index (χ4v) is 2.75. The van der Waals surface area contributed by atoms with Gasteiger partial charge in [-0.3, -0.25) is 4.79 Å². The highest BCUT2D eigenvalue weighted by molar-refractivity contribution is 9.18. The number of nitrogens with one attached hydrogen (secondary N) is 1. The van der Waals surface area contributed by atoms with Gasteiger partial charge in [0.1, 0.15) is 5.82 Å². The Morgan fingerprint density at radius 2 is 2.23 bits per heavy atom. The maximum absolute atomic E-state index is 12.3. The van der Waals surface area contributed by atoms with Crippen LogP contribution in [0.5, 0.6) is 0 Å². The summed E-state index contributed by atoms with van der Waals surface area (Å²) in [5.74, 6) is 2.72. The second-order valence-corrected chi connectivity index (χ2v) is 6.63. The molecular formula is C19H22BrN3O3. The molecule has 0 spiro atoms. The van der Waals surface area contributed by atoms with E-state index in [-0.39, 0.29) is 19.1 Å². The molecule has 6 nitrogen and oxygen atoms in total. The molecule has 1 heterocycles. The maximum atomic E-state index is 12.3. The van der Waals surface area contributed by atoms with Crippen molar-refractivity contribution in [2.75, 3.05) is 13.1 Å². The van der Waals surface area contributed by atoms with E-state index in [1.165, 1.54) is 4.90 Å². The number of halogens is 1. The Labute approximate surface area is 162 Å². The van der Waals surface area contributed by atoms with Gasteiger partial charge in [0.15, 0.2) is 0 Å². The summed E-state index contributed by atoms with van der Waals surface area (Å²) in [6.07, 6.45) is 7.95. The quantitative estimate of drug-likeness (QED) is 0.475. The number of aliphatic hydroxyl groups is 1. The van der Waals surface area contributed by atoms with E-state index >= 15 is 0 Å². The number of aliphatic imine (C=N–C) groups is 1. The average molecular weight is 420 g/mol. The highest BCUT2D eigenvalue weighted by Crippen LogP contribution is 2.12. The number of hydrogen-bond donors (Lipinski definition) is 2. The van der Waals surface area contributed by atoms with Crippen molar-refractivity contribution in [2.45, 2.75) is 32.3 Å². The number of amides is 1. The monoisotopic (exact) mass is 419 g/mol. The molecule has 1 aromatic rings. The topological polar surface area (TPSA) is 74.2 Å². The van der Waals surface area contributed by atoms with Crippen LogP contribution in [0.4, 0.5) is 0 Å². The lowest BCUT2D eigenvalue weighted by atomic mass is 10.2. The predicted octanol–water partition coefficient (Wildman–Crippen LogP) is 2.35. The van der Waals surface area contributed by atoms with Crippen molar-refractivity contribution < 1.29 is 14.6 Å². The van der Waals surface area contributed by atoms with Crippen LogP contribution in [0.2, 0.25) is 0 Å². The Morgan fingerprint density at radius 1 is 1.46 bits per heavy atom. The molecule has 1 aliphatic rings. The van der Waals surface area contributed by atoms with Crippen LogP contribution in [0, 0.1) is 12.3 Å². The Morgan fingerprint density at radius 3 is 2.92 bits per heavy atom. The van der Waals surface area contributed by atoms with Crippen LogP contribution in [0.3, 0.4) is 0 Å². The zero-order valence-corrected chi connectivity index (χ0v) is 16.0. The minimum atomic E-state index is -1.23. The number of allylic oxidation sites excluding steroid dienone is 1. The fourth-order valence-electron chi connectivity index (χ4n) is 2.33. The second-order valence-electron chi connectivity index (χ2n) is 5.71. The predicted molar refractivity (Wildman–Crippen MR) is 104 cm³/mol. The SMILES string of the molecule is C#CCCN(CC(=O)NC1=CCCC(Br)=N1)C(O)OCc1ccccc1. The highest BCUT2D eigenvalue weighted by atomic mass is 79.9. The van der Waals surface area contributed by atoms with E-state index in [1.54, 1.807) is 0 Å². The number of terminal acetylenes is 1. The molecule has 138 valence electrons.